The molecule has 0 aromatic heterocycles. The lowest BCUT2D eigenvalue weighted by Gasteiger charge is -2.03. The molecule has 15 heavy (non-hydrogen) atoms. The fraction of sp³-hybridized carbons (Fsp3) is 0.0769. The standard InChI is InChI=1S/C13H14OS/c1-4-6-12(5-2)15-13-9-7-11(14-3)8-10-13/h4-10H,1-2H2,3H3/b12-6+. The summed E-state index contributed by atoms with van der Waals surface area (Å²) in [4.78, 5) is 2.24. The zero-order valence-electron chi connectivity index (χ0n) is 8.77. The molecule has 0 fully saturated rings. The van der Waals surface area contributed by atoms with Gasteiger partial charge in [0.15, 0.2) is 0 Å². The molecule has 0 spiro atoms. The average molecular weight is 218 g/mol. The van der Waals surface area contributed by atoms with Gasteiger partial charge in [-0.05, 0) is 30.3 Å². The van der Waals surface area contributed by atoms with E-state index in [2.05, 4.69) is 13.2 Å². The highest BCUT2D eigenvalue weighted by atomic mass is 32.2. The molecule has 0 amide bonds. The largest absolute Gasteiger partial charge is 0.497 e. The number of rotatable bonds is 5. The highest BCUT2D eigenvalue weighted by Crippen LogP contribution is 2.28. The van der Waals surface area contributed by atoms with Crippen molar-refractivity contribution in [1.82, 2.24) is 0 Å². The summed E-state index contributed by atoms with van der Waals surface area (Å²) in [5.41, 5.74) is 0. The van der Waals surface area contributed by atoms with Crippen LogP contribution < -0.4 is 4.74 Å². The molecule has 1 aromatic rings. The van der Waals surface area contributed by atoms with Gasteiger partial charge in [0.25, 0.3) is 0 Å². The Hall–Kier alpha value is -1.41. The van der Waals surface area contributed by atoms with Crippen LogP contribution in [0.1, 0.15) is 0 Å². The smallest absolute Gasteiger partial charge is 0.118 e. The summed E-state index contributed by atoms with van der Waals surface area (Å²) in [6.45, 7) is 7.41. The minimum atomic E-state index is 0.868. The van der Waals surface area contributed by atoms with E-state index < -0.39 is 0 Å². The molecule has 1 rings (SSSR count). The number of benzene rings is 1. The van der Waals surface area contributed by atoms with Crippen LogP contribution in [0.2, 0.25) is 0 Å². The molecule has 0 radical (unpaired) electrons. The number of ether oxygens (including phenoxy) is 1. The van der Waals surface area contributed by atoms with Crippen molar-refractivity contribution >= 4 is 11.8 Å². The second kappa shape index (κ2) is 6.14. The van der Waals surface area contributed by atoms with Gasteiger partial charge in [-0.15, -0.1) is 0 Å². The van der Waals surface area contributed by atoms with Crippen LogP contribution in [0.5, 0.6) is 5.75 Å². The summed E-state index contributed by atoms with van der Waals surface area (Å²) in [5.74, 6) is 0.868. The molecular formula is C13H14OS. The van der Waals surface area contributed by atoms with Crippen molar-refractivity contribution < 1.29 is 4.74 Å². The first kappa shape index (κ1) is 11.7. The van der Waals surface area contributed by atoms with Crippen LogP contribution in [-0.2, 0) is 0 Å². The van der Waals surface area contributed by atoms with Crippen molar-refractivity contribution in [2.75, 3.05) is 7.11 Å². The maximum Gasteiger partial charge on any atom is 0.118 e. The second-order valence-electron chi connectivity index (χ2n) is 2.79. The normalized spacial score (nSPS) is 10.9. The number of hydrogen-bond acceptors (Lipinski definition) is 2. The van der Waals surface area contributed by atoms with Gasteiger partial charge < -0.3 is 4.74 Å². The van der Waals surface area contributed by atoms with E-state index in [-0.39, 0.29) is 0 Å². The van der Waals surface area contributed by atoms with E-state index in [1.807, 2.05) is 36.4 Å². The van der Waals surface area contributed by atoms with Gasteiger partial charge >= 0.3 is 0 Å². The molecule has 0 saturated carbocycles. The molecule has 0 atom stereocenters. The van der Waals surface area contributed by atoms with E-state index in [1.165, 1.54) is 0 Å². The van der Waals surface area contributed by atoms with E-state index in [1.54, 1.807) is 24.9 Å². The maximum absolute atomic E-state index is 5.09. The summed E-state index contributed by atoms with van der Waals surface area (Å²) in [7, 11) is 1.66. The molecule has 0 bridgehead atoms. The first-order valence-corrected chi connectivity index (χ1v) is 5.39. The quantitative estimate of drug-likeness (QED) is 0.545. The maximum atomic E-state index is 5.09. The predicted octanol–water partition coefficient (Wildman–Crippen LogP) is 4.04. The third-order valence-electron chi connectivity index (χ3n) is 1.78. The van der Waals surface area contributed by atoms with Crippen molar-refractivity contribution in [3.63, 3.8) is 0 Å². The number of methoxy groups -OCH3 is 1. The van der Waals surface area contributed by atoms with Gasteiger partial charge in [-0.3, -0.25) is 0 Å². The molecule has 0 saturated heterocycles. The molecule has 0 aliphatic carbocycles. The summed E-state index contributed by atoms with van der Waals surface area (Å²) >= 11 is 1.65. The number of hydrogen-bond donors (Lipinski definition) is 0. The summed E-state index contributed by atoms with van der Waals surface area (Å²) in [6, 6.07) is 7.92. The van der Waals surface area contributed by atoms with E-state index in [0.717, 1.165) is 15.6 Å². The first-order valence-electron chi connectivity index (χ1n) is 4.57. The van der Waals surface area contributed by atoms with Crippen molar-refractivity contribution in [3.8, 4) is 5.75 Å². The Morgan fingerprint density at radius 3 is 2.40 bits per heavy atom. The topological polar surface area (TPSA) is 9.23 Å². The van der Waals surface area contributed by atoms with Gasteiger partial charge in [-0.2, -0.15) is 0 Å². The Morgan fingerprint density at radius 2 is 1.93 bits per heavy atom. The summed E-state index contributed by atoms with van der Waals surface area (Å²) < 4.78 is 5.09. The Bertz CT molecular complexity index is 363. The SMILES string of the molecule is C=C/C=C(\C=C)Sc1ccc(OC)cc1. The van der Waals surface area contributed by atoms with Crippen LogP contribution in [0, 0.1) is 0 Å². The lowest BCUT2D eigenvalue weighted by Crippen LogP contribution is -1.81. The van der Waals surface area contributed by atoms with Crippen molar-refractivity contribution in [2.24, 2.45) is 0 Å². The Morgan fingerprint density at radius 1 is 1.27 bits per heavy atom. The molecule has 2 heteroatoms. The van der Waals surface area contributed by atoms with Crippen LogP contribution in [0.4, 0.5) is 0 Å². The van der Waals surface area contributed by atoms with Gasteiger partial charge in [0.2, 0.25) is 0 Å². The van der Waals surface area contributed by atoms with Crippen LogP contribution in [0.3, 0.4) is 0 Å². The second-order valence-corrected chi connectivity index (χ2v) is 3.93. The highest BCUT2D eigenvalue weighted by Gasteiger charge is 1.97. The molecular weight excluding hydrogens is 204 g/mol. The molecule has 0 heterocycles. The molecule has 1 aromatic carbocycles. The van der Waals surface area contributed by atoms with Crippen LogP contribution >= 0.6 is 11.8 Å². The molecule has 1 nitrogen and oxygen atoms in total. The fourth-order valence-corrected chi connectivity index (χ4v) is 1.83. The van der Waals surface area contributed by atoms with Crippen LogP contribution in [-0.4, -0.2) is 7.11 Å². The van der Waals surface area contributed by atoms with Gasteiger partial charge in [0.05, 0.1) is 7.11 Å². The fourth-order valence-electron chi connectivity index (χ4n) is 1.04. The van der Waals surface area contributed by atoms with Crippen molar-refractivity contribution in [1.29, 1.82) is 0 Å². The summed E-state index contributed by atoms with van der Waals surface area (Å²) in [6.07, 6.45) is 5.51. The van der Waals surface area contributed by atoms with Gasteiger partial charge in [-0.1, -0.05) is 37.1 Å². The van der Waals surface area contributed by atoms with E-state index in [9.17, 15) is 0 Å². The Kier molecular flexibility index (Phi) is 4.78. The van der Waals surface area contributed by atoms with E-state index in [0.29, 0.717) is 0 Å². The Balaban J connectivity index is 2.75. The minimum Gasteiger partial charge on any atom is -0.497 e. The zero-order valence-corrected chi connectivity index (χ0v) is 9.59. The first-order chi connectivity index (χ1) is 7.30. The summed E-state index contributed by atoms with van der Waals surface area (Å²) in [5, 5.41) is 0. The van der Waals surface area contributed by atoms with Crippen LogP contribution in [0.15, 0.2) is 65.5 Å². The third-order valence-corrected chi connectivity index (χ3v) is 2.82. The molecule has 0 aliphatic rings. The van der Waals surface area contributed by atoms with Gasteiger partial charge in [0.1, 0.15) is 5.75 Å². The molecule has 0 N–H and O–H groups in total. The lowest BCUT2D eigenvalue weighted by atomic mass is 10.3. The highest BCUT2D eigenvalue weighted by molar-refractivity contribution is 8.03. The predicted molar refractivity (Wildman–Crippen MR) is 67.3 cm³/mol. The Labute approximate surface area is 95.2 Å². The number of allylic oxidation sites excluding steroid dienone is 3. The third kappa shape index (κ3) is 3.68. The monoisotopic (exact) mass is 218 g/mol. The van der Waals surface area contributed by atoms with Gasteiger partial charge in [-0.25, -0.2) is 0 Å². The van der Waals surface area contributed by atoms with E-state index >= 15 is 0 Å². The van der Waals surface area contributed by atoms with E-state index in [4.69, 9.17) is 4.74 Å². The molecule has 0 aliphatic heterocycles. The van der Waals surface area contributed by atoms with Crippen molar-refractivity contribution in [2.45, 2.75) is 4.90 Å². The minimum absolute atomic E-state index is 0.868. The zero-order chi connectivity index (χ0) is 11.1. The van der Waals surface area contributed by atoms with Gasteiger partial charge in [0, 0.05) is 9.80 Å². The van der Waals surface area contributed by atoms with Crippen molar-refractivity contribution in [3.05, 3.63) is 60.6 Å². The molecule has 0 unspecified atom stereocenters. The average Bonchev–Trinajstić information content (AvgIpc) is 2.29. The molecule has 78 valence electrons. The van der Waals surface area contributed by atoms with Crippen LogP contribution in [0.25, 0.3) is 0 Å². The lowest BCUT2D eigenvalue weighted by molar-refractivity contribution is 0.414. The number of thioether (sulfide) groups is 1.